The van der Waals surface area contributed by atoms with E-state index in [1.165, 1.54) is 19.3 Å². The van der Waals surface area contributed by atoms with Gasteiger partial charge in [-0.3, -0.25) is 19.4 Å². The van der Waals surface area contributed by atoms with Crippen LogP contribution in [0.1, 0.15) is 41.1 Å². The molecule has 164 valence electrons. The van der Waals surface area contributed by atoms with Crippen molar-refractivity contribution in [2.45, 2.75) is 44.8 Å². The van der Waals surface area contributed by atoms with Crippen LogP contribution in [0, 0.1) is 0 Å². The number of hydrogen-bond acceptors (Lipinski definition) is 5. The Hall–Kier alpha value is -2.51. The fourth-order valence-corrected chi connectivity index (χ4v) is 4.92. The number of carbonyl (C=O) groups excluding carboxylic acids is 2. The molecule has 3 heterocycles. The van der Waals surface area contributed by atoms with Crippen molar-refractivity contribution in [2.75, 3.05) is 39.3 Å². The Bertz CT molecular complexity index is 929. The van der Waals surface area contributed by atoms with Crippen molar-refractivity contribution < 1.29 is 9.59 Å². The van der Waals surface area contributed by atoms with Gasteiger partial charge in [0, 0.05) is 51.7 Å². The summed E-state index contributed by atoms with van der Waals surface area (Å²) in [5, 5.41) is 0. The number of ketones is 1. The topological polar surface area (TPSA) is 61.7 Å². The van der Waals surface area contributed by atoms with Gasteiger partial charge in [0.15, 0.2) is 5.78 Å². The summed E-state index contributed by atoms with van der Waals surface area (Å²) >= 11 is 0. The number of carbonyl (C=O) groups is 2. The van der Waals surface area contributed by atoms with E-state index in [2.05, 4.69) is 14.8 Å². The van der Waals surface area contributed by atoms with Crippen molar-refractivity contribution in [1.82, 2.24) is 24.3 Å². The molecule has 1 amide bonds. The SMILES string of the molecule is O=C(Cc1ccccc1)c1cnc2n1CCN(CC(=O)N1CCN(C3CCC3)CC1)C2. The maximum atomic E-state index is 12.8. The molecule has 1 saturated carbocycles. The Balaban J connectivity index is 1.14. The van der Waals surface area contributed by atoms with Gasteiger partial charge in [0.25, 0.3) is 0 Å². The standard InChI is InChI=1S/C24H31N5O2/c30-22(15-19-5-2-1-3-6-19)21-16-25-23-17-26(9-14-29(21)23)18-24(31)28-12-10-27(11-13-28)20-7-4-8-20/h1-3,5-6,16,20H,4,7-15,17-18H2. The zero-order valence-electron chi connectivity index (χ0n) is 18.1. The average Bonchev–Trinajstić information content (AvgIpc) is 3.17. The molecule has 7 heteroatoms. The molecular formula is C24H31N5O2. The van der Waals surface area contributed by atoms with E-state index in [-0.39, 0.29) is 11.7 Å². The number of rotatable bonds is 6. The molecule has 1 aromatic carbocycles. The molecule has 0 bridgehead atoms. The highest BCUT2D eigenvalue weighted by Gasteiger charge is 2.30. The minimum Gasteiger partial charge on any atom is -0.339 e. The fourth-order valence-electron chi connectivity index (χ4n) is 4.92. The van der Waals surface area contributed by atoms with Gasteiger partial charge in [-0.25, -0.2) is 4.98 Å². The summed E-state index contributed by atoms with van der Waals surface area (Å²) in [6, 6.07) is 10.6. The van der Waals surface area contributed by atoms with Crippen molar-refractivity contribution in [1.29, 1.82) is 0 Å². The van der Waals surface area contributed by atoms with E-state index >= 15 is 0 Å². The van der Waals surface area contributed by atoms with Gasteiger partial charge in [0.05, 0.1) is 19.3 Å². The van der Waals surface area contributed by atoms with E-state index in [0.29, 0.717) is 31.7 Å². The van der Waals surface area contributed by atoms with Gasteiger partial charge in [-0.1, -0.05) is 36.8 Å². The maximum Gasteiger partial charge on any atom is 0.236 e. The fraction of sp³-hybridized carbons (Fsp3) is 0.542. The largest absolute Gasteiger partial charge is 0.339 e. The smallest absolute Gasteiger partial charge is 0.236 e. The van der Waals surface area contributed by atoms with Gasteiger partial charge < -0.3 is 9.47 Å². The molecule has 2 fully saturated rings. The van der Waals surface area contributed by atoms with Gasteiger partial charge in [0.2, 0.25) is 5.91 Å². The van der Waals surface area contributed by atoms with E-state index in [0.717, 1.165) is 50.2 Å². The van der Waals surface area contributed by atoms with E-state index in [1.807, 2.05) is 39.8 Å². The van der Waals surface area contributed by atoms with Crippen LogP contribution < -0.4 is 0 Å². The number of piperazine rings is 1. The number of amides is 1. The van der Waals surface area contributed by atoms with E-state index in [9.17, 15) is 9.59 Å². The number of imidazole rings is 1. The molecule has 2 aromatic rings. The number of nitrogens with zero attached hydrogens (tertiary/aromatic N) is 5. The van der Waals surface area contributed by atoms with Crippen LogP contribution >= 0.6 is 0 Å². The quantitative estimate of drug-likeness (QED) is 0.666. The molecule has 7 nitrogen and oxygen atoms in total. The molecule has 0 atom stereocenters. The number of hydrogen-bond donors (Lipinski definition) is 0. The van der Waals surface area contributed by atoms with Crippen LogP contribution in [0.2, 0.25) is 0 Å². The van der Waals surface area contributed by atoms with Crippen LogP contribution in [0.25, 0.3) is 0 Å². The summed E-state index contributed by atoms with van der Waals surface area (Å²) in [6.45, 7) is 6.22. The second-order valence-electron chi connectivity index (χ2n) is 9.01. The average molecular weight is 422 g/mol. The van der Waals surface area contributed by atoms with Crippen molar-refractivity contribution in [3.05, 3.63) is 53.6 Å². The molecule has 2 aliphatic heterocycles. The lowest BCUT2D eigenvalue weighted by Gasteiger charge is -2.43. The lowest BCUT2D eigenvalue weighted by atomic mass is 9.91. The Kier molecular flexibility index (Phi) is 5.87. The first kappa shape index (κ1) is 20.4. The molecule has 5 rings (SSSR count). The van der Waals surface area contributed by atoms with Crippen LogP contribution in [0.3, 0.4) is 0 Å². The Labute approximate surface area is 183 Å². The normalized spacial score (nSPS) is 20.3. The maximum absolute atomic E-state index is 12.8. The predicted octanol–water partition coefficient (Wildman–Crippen LogP) is 1.82. The van der Waals surface area contributed by atoms with Crippen LogP contribution in [0.15, 0.2) is 36.5 Å². The van der Waals surface area contributed by atoms with Gasteiger partial charge in [0.1, 0.15) is 11.5 Å². The van der Waals surface area contributed by atoms with Gasteiger partial charge in [-0.05, 0) is 18.4 Å². The molecule has 3 aliphatic rings. The van der Waals surface area contributed by atoms with Crippen molar-refractivity contribution >= 4 is 11.7 Å². The van der Waals surface area contributed by atoms with Crippen LogP contribution in [0.5, 0.6) is 0 Å². The minimum atomic E-state index is 0.0961. The Morgan fingerprint density at radius 2 is 1.74 bits per heavy atom. The highest BCUT2D eigenvalue weighted by molar-refractivity contribution is 5.96. The molecule has 0 unspecified atom stereocenters. The van der Waals surface area contributed by atoms with Crippen molar-refractivity contribution in [3.8, 4) is 0 Å². The third-order valence-corrected chi connectivity index (χ3v) is 7.05. The summed E-state index contributed by atoms with van der Waals surface area (Å²) in [7, 11) is 0. The first-order chi connectivity index (χ1) is 15.2. The second kappa shape index (κ2) is 8.93. The Morgan fingerprint density at radius 1 is 0.968 bits per heavy atom. The van der Waals surface area contributed by atoms with Crippen LogP contribution in [-0.2, 0) is 24.3 Å². The lowest BCUT2D eigenvalue weighted by Crippen LogP contribution is -2.55. The highest BCUT2D eigenvalue weighted by Crippen LogP contribution is 2.25. The number of aromatic nitrogens is 2. The summed E-state index contributed by atoms with van der Waals surface area (Å²) in [5.41, 5.74) is 1.69. The monoisotopic (exact) mass is 421 g/mol. The predicted molar refractivity (Wildman–Crippen MR) is 118 cm³/mol. The van der Waals surface area contributed by atoms with Gasteiger partial charge >= 0.3 is 0 Å². The molecule has 0 radical (unpaired) electrons. The summed E-state index contributed by atoms with van der Waals surface area (Å²) < 4.78 is 2.03. The summed E-state index contributed by atoms with van der Waals surface area (Å²) in [6.07, 6.45) is 6.09. The van der Waals surface area contributed by atoms with Crippen molar-refractivity contribution in [2.24, 2.45) is 0 Å². The van der Waals surface area contributed by atoms with E-state index in [4.69, 9.17) is 0 Å². The lowest BCUT2D eigenvalue weighted by molar-refractivity contribution is -0.135. The molecular weight excluding hydrogens is 390 g/mol. The molecule has 0 N–H and O–H groups in total. The highest BCUT2D eigenvalue weighted by atomic mass is 16.2. The number of benzene rings is 1. The first-order valence-corrected chi connectivity index (χ1v) is 11.5. The summed E-state index contributed by atoms with van der Waals surface area (Å²) in [4.78, 5) is 36.9. The Morgan fingerprint density at radius 3 is 2.45 bits per heavy atom. The zero-order chi connectivity index (χ0) is 21.2. The third-order valence-electron chi connectivity index (χ3n) is 7.05. The number of fused-ring (bicyclic) bond motifs is 1. The first-order valence-electron chi connectivity index (χ1n) is 11.5. The third kappa shape index (κ3) is 4.43. The molecule has 31 heavy (non-hydrogen) atoms. The van der Waals surface area contributed by atoms with E-state index < -0.39 is 0 Å². The molecule has 1 saturated heterocycles. The molecule has 0 spiro atoms. The van der Waals surface area contributed by atoms with Gasteiger partial charge in [-0.15, -0.1) is 0 Å². The number of Topliss-reactive ketones (excluding diaryl/α,β-unsaturated/α-hetero) is 1. The second-order valence-corrected chi connectivity index (χ2v) is 9.01. The van der Waals surface area contributed by atoms with Crippen LogP contribution in [0.4, 0.5) is 0 Å². The minimum absolute atomic E-state index is 0.0961. The summed E-state index contributed by atoms with van der Waals surface area (Å²) in [5.74, 6) is 1.19. The van der Waals surface area contributed by atoms with Crippen LogP contribution in [-0.4, -0.2) is 81.3 Å². The van der Waals surface area contributed by atoms with E-state index in [1.54, 1.807) is 6.20 Å². The molecule has 1 aromatic heterocycles. The van der Waals surface area contributed by atoms with Crippen molar-refractivity contribution in [3.63, 3.8) is 0 Å². The zero-order valence-corrected chi connectivity index (χ0v) is 18.1. The van der Waals surface area contributed by atoms with Gasteiger partial charge in [-0.2, -0.15) is 0 Å². The molecule has 1 aliphatic carbocycles.